The highest BCUT2D eigenvalue weighted by Crippen LogP contribution is 2.23. The van der Waals surface area contributed by atoms with Gasteiger partial charge in [-0.15, -0.1) is 10.2 Å². The molecule has 0 bridgehead atoms. The summed E-state index contributed by atoms with van der Waals surface area (Å²) in [5.41, 5.74) is 4.94. The van der Waals surface area contributed by atoms with Crippen molar-refractivity contribution in [3.05, 3.63) is 70.6 Å². The summed E-state index contributed by atoms with van der Waals surface area (Å²) >= 11 is 1.57. The molecule has 0 saturated carbocycles. The maximum atomic E-state index is 5.74. The number of hydrogen-bond acceptors (Lipinski definition) is 5. The molecule has 1 heterocycles. The van der Waals surface area contributed by atoms with Crippen molar-refractivity contribution in [3.63, 3.8) is 0 Å². The Balaban J connectivity index is 1.60. The maximum Gasteiger partial charge on any atom is 0.276 e. The van der Waals surface area contributed by atoms with Crippen molar-refractivity contribution >= 4 is 11.8 Å². The van der Waals surface area contributed by atoms with Gasteiger partial charge in [-0.05, 0) is 37.1 Å². The Kier molecular flexibility index (Phi) is 5.20. The smallest absolute Gasteiger partial charge is 0.276 e. The molecule has 24 heavy (non-hydrogen) atoms. The van der Waals surface area contributed by atoms with Crippen molar-refractivity contribution in [2.24, 2.45) is 0 Å². The van der Waals surface area contributed by atoms with E-state index in [-0.39, 0.29) is 0 Å². The van der Waals surface area contributed by atoms with Gasteiger partial charge in [0, 0.05) is 5.75 Å². The highest BCUT2D eigenvalue weighted by molar-refractivity contribution is 7.98. The first-order valence-electron chi connectivity index (χ1n) is 7.77. The van der Waals surface area contributed by atoms with Crippen molar-refractivity contribution in [2.75, 3.05) is 7.11 Å². The van der Waals surface area contributed by atoms with Gasteiger partial charge in [0.15, 0.2) is 0 Å². The number of thioether (sulfide) groups is 1. The van der Waals surface area contributed by atoms with Crippen LogP contribution < -0.4 is 4.74 Å². The van der Waals surface area contributed by atoms with Gasteiger partial charge in [-0.25, -0.2) is 0 Å². The topological polar surface area (TPSA) is 48.2 Å². The summed E-state index contributed by atoms with van der Waals surface area (Å²) in [7, 11) is 1.66. The highest BCUT2D eigenvalue weighted by Gasteiger charge is 2.08. The van der Waals surface area contributed by atoms with Crippen LogP contribution in [0.15, 0.2) is 52.1 Å². The summed E-state index contributed by atoms with van der Waals surface area (Å²) < 4.78 is 10.9. The van der Waals surface area contributed by atoms with E-state index in [0.717, 1.165) is 17.1 Å². The molecule has 2 aromatic carbocycles. The number of hydrogen-bond donors (Lipinski definition) is 0. The summed E-state index contributed by atoms with van der Waals surface area (Å²) in [6, 6.07) is 14.4. The van der Waals surface area contributed by atoms with Crippen LogP contribution in [0.3, 0.4) is 0 Å². The van der Waals surface area contributed by atoms with Gasteiger partial charge in [-0.1, -0.05) is 53.2 Å². The normalized spacial score (nSPS) is 10.8. The molecule has 0 aliphatic carbocycles. The minimum absolute atomic E-state index is 0.609. The second-order valence-corrected chi connectivity index (χ2v) is 6.70. The SMILES string of the molecule is COc1ccc(Cc2nnc(SCc3cc(C)cc(C)c3)o2)cc1. The molecule has 0 saturated heterocycles. The highest BCUT2D eigenvalue weighted by atomic mass is 32.2. The first-order chi connectivity index (χ1) is 11.6. The predicted octanol–water partition coefficient (Wildman–Crippen LogP) is 4.58. The second kappa shape index (κ2) is 7.53. The number of aromatic nitrogens is 2. The van der Waals surface area contributed by atoms with E-state index in [1.165, 1.54) is 16.7 Å². The quantitative estimate of drug-likeness (QED) is 0.615. The molecular weight excluding hydrogens is 320 g/mol. The molecule has 0 aliphatic heterocycles. The Morgan fingerprint density at radius 1 is 0.958 bits per heavy atom. The lowest BCUT2D eigenvalue weighted by Crippen LogP contribution is -1.89. The average Bonchev–Trinajstić information content (AvgIpc) is 3.00. The van der Waals surface area contributed by atoms with Crippen molar-refractivity contribution in [1.82, 2.24) is 10.2 Å². The third-order valence-electron chi connectivity index (χ3n) is 3.61. The fourth-order valence-corrected chi connectivity index (χ4v) is 3.29. The fourth-order valence-electron chi connectivity index (χ4n) is 2.58. The van der Waals surface area contributed by atoms with Crippen molar-refractivity contribution in [1.29, 1.82) is 0 Å². The summed E-state index contributed by atoms with van der Waals surface area (Å²) in [4.78, 5) is 0. The molecule has 0 spiro atoms. The summed E-state index contributed by atoms with van der Waals surface area (Å²) in [6.45, 7) is 4.22. The van der Waals surface area contributed by atoms with E-state index >= 15 is 0 Å². The molecule has 124 valence electrons. The van der Waals surface area contributed by atoms with Gasteiger partial charge in [0.1, 0.15) is 5.75 Å². The van der Waals surface area contributed by atoms with E-state index < -0.39 is 0 Å². The molecule has 3 rings (SSSR count). The first kappa shape index (κ1) is 16.6. The van der Waals surface area contributed by atoms with Gasteiger partial charge < -0.3 is 9.15 Å². The molecule has 1 aromatic heterocycles. The van der Waals surface area contributed by atoms with Crippen LogP contribution in [0.1, 0.15) is 28.1 Å². The molecule has 5 heteroatoms. The number of rotatable bonds is 6. The molecule has 0 N–H and O–H groups in total. The van der Waals surface area contributed by atoms with Crippen LogP contribution in [-0.2, 0) is 12.2 Å². The van der Waals surface area contributed by atoms with E-state index in [2.05, 4.69) is 42.2 Å². The molecule has 0 aliphatic rings. The Morgan fingerprint density at radius 3 is 2.33 bits per heavy atom. The average molecular weight is 340 g/mol. The molecule has 3 aromatic rings. The summed E-state index contributed by atoms with van der Waals surface area (Å²) in [5.74, 6) is 2.30. The minimum atomic E-state index is 0.609. The van der Waals surface area contributed by atoms with Crippen molar-refractivity contribution < 1.29 is 9.15 Å². The predicted molar refractivity (Wildman–Crippen MR) is 95.6 cm³/mol. The van der Waals surface area contributed by atoms with Crippen LogP contribution >= 0.6 is 11.8 Å². The van der Waals surface area contributed by atoms with E-state index in [0.29, 0.717) is 17.5 Å². The molecule has 0 amide bonds. The maximum absolute atomic E-state index is 5.74. The summed E-state index contributed by atoms with van der Waals surface area (Å²) in [6.07, 6.45) is 0.626. The van der Waals surface area contributed by atoms with Crippen LogP contribution in [-0.4, -0.2) is 17.3 Å². The Bertz CT molecular complexity index is 792. The largest absolute Gasteiger partial charge is 0.497 e. The zero-order valence-electron chi connectivity index (χ0n) is 14.1. The van der Waals surface area contributed by atoms with Gasteiger partial charge in [0.2, 0.25) is 5.89 Å². The van der Waals surface area contributed by atoms with E-state index in [1.54, 1.807) is 18.9 Å². The van der Waals surface area contributed by atoms with Crippen LogP contribution in [0.5, 0.6) is 5.75 Å². The Labute approximate surface area is 146 Å². The van der Waals surface area contributed by atoms with Crippen LogP contribution in [0.4, 0.5) is 0 Å². The zero-order chi connectivity index (χ0) is 16.9. The standard InChI is InChI=1S/C19H20N2O2S/c1-13-8-14(2)10-16(9-13)12-24-19-21-20-18(23-19)11-15-4-6-17(22-3)7-5-15/h4-10H,11-12H2,1-3H3. The van der Waals surface area contributed by atoms with E-state index in [4.69, 9.17) is 9.15 Å². The lowest BCUT2D eigenvalue weighted by molar-refractivity contribution is 0.413. The first-order valence-corrected chi connectivity index (χ1v) is 8.76. The molecule has 4 nitrogen and oxygen atoms in total. The van der Waals surface area contributed by atoms with Crippen molar-refractivity contribution in [3.8, 4) is 5.75 Å². The summed E-state index contributed by atoms with van der Waals surface area (Å²) in [5, 5.41) is 8.87. The number of methoxy groups -OCH3 is 1. The van der Waals surface area contributed by atoms with Gasteiger partial charge >= 0.3 is 0 Å². The molecule has 0 radical (unpaired) electrons. The van der Waals surface area contributed by atoms with Crippen molar-refractivity contribution in [2.45, 2.75) is 31.2 Å². The van der Waals surface area contributed by atoms with Gasteiger partial charge in [0.25, 0.3) is 5.22 Å². The molecule has 0 atom stereocenters. The molecule has 0 fully saturated rings. The minimum Gasteiger partial charge on any atom is -0.497 e. The van der Waals surface area contributed by atoms with E-state index in [1.807, 2.05) is 24.3 Å². The molecular formula is C19H20N2O2S. The fraction of sp³-hybridized carbons (Fsp3) is 0.263. The third-order valence-corrected chi connectivity index (χ3v) is 4.50. The third kappa shape index (κ3) is 4.38. The number of benzene rings is 2. The van der Waals surface area contributed by atoms with Gasteiger partial charge in [-0.2, -0.15) is 0 Å². The second-order valence-electron chi connectivity index (χ2n) is 5.77. The monoisotopic (exact) mass is 340 g/mol. The van der Waals surface area contributed by atoms with Gasteiger partial charge in [0.05, 0.1) is 13.5 Å². The number of ether oxygens (including phenoxy) is 1. The van der Waals surface area contributed by atoms with Crippen LogP contribution in [0.25, 0.3) is 0 Å². The van der Waals surface area contributed by atoms with Crippen LogP contribution in [0, 0.1) is 13.8 Å². The lowest BCUT2D eigenvalue weighted by atomic mass is 10.1. The lowest BCUT2D eigenvalue weighted by Gasteiger charge is -2.03. The zero-order valence-corrected chi connectivity index (χ0v) is 14.9. The number of aryl methyl sites for hydroxylation is 2. The van der Waals surface area contributed by atoms with Gasteiger partial charge in [-0.3, -0.25) is 0 Å². The van der Waals surface area contributed by atoms with E-state index in [9.17, 15) is 0 Å². The number of nitrogens with zero attached hydrogens (tertiary/aromatic N) is 2. The Morgan fingerprint density at radius 2 is 1.67 bits per heavy atom. The molecule has 0 unspecified atom stereocenters. The Hall–Kier alpha value is -2.27. The van der Waals surface area contributed by atoms with Crippen LogP contribution in [0.2, 0.25) is 0 Å².